The van der Waals surface area contributed by atoms with E-state index in [1.54, 1.807) is 30.3 Å². The van der Waals surface area contributed by atoms with Crippen molar-refractivity contribution in [2.24, 2.45) is 0 Å². The van der Waals surface area contributed by atoms with E-state index in [1.807, 2.05) is 50.2 Å². The first-order valence-corrected chi connectivity index (χ1v) is 8.91. The molecule has 0 unspecified atom stereocenters. The van der Waals surface area contributed by atoms with Crippen molar-refractivity contribution in [1.29, 1.82) is 0 Å². The van der Waals surface area contributed by atoms with Crippen molar-refractivity contribution in [3.8, 4) is 5.75 Å². The van der Waals surface area contributed by atoms with Crippen molar-refractivity contribution in [2.45, 2.75) is 13.8 Å². The number of hydrogen-bond acceptors (Lipinski definition) is 3. The predicted molar refractivity (Wildman–Crippen MR) is 111 cm³/mol. The van der Waals surface area contributed by atoms with Gasteiger partial charge in [0.05, 0.1) is 12.8 Å². The van der Waals surface area contributed by atoms with E-state index in [9.17, 15) is 9.59 Å². The Morgan fingerprint density at radius 2 is 1.29 bits per heavy atom. The fraction of sp³-hybridized carbons (Fsp3) is 0.130. The van der Waals surface area contributed by atoms with E-state index in [1.165, 1.54) is 7.11 Å². The van der Waals surface area contributed by atoms with Crippen LogP contribution in [0.4, 0.5) is 11.4 Å². The maximum absolute atomic E-state index is 12.6. The molecular formula is C23H22N2O3. The van der Waals surface area contributed by atoms with Gasteiger partial charge in [-0.15, -0.1) is 0 Å². The van der Waals surface area contributed by atoms with E-state index in [2.05, 4.69) is 10.6 Å². The normalized spacial score (nSPS) is 10.2. The molecule has 0 aliphatic heterocycles. The molecule has 3 rings (SSSR count). The summed E-state index contributed by atoms with van der Waals surface area (Å²) in [6.07, 6.45) is 0. The molecule has 2 N–H and O–H groups in total. The Balaban J connectivity index is 1.84. The summed E-state index contributed by atoms with van der Waals surface area (Å²) in [5, 5.41) is 5.74. The SMILES string of the molecule is COc1ccc(NC(=O)c2ccccc2C)cc1NC(=O)c1ccccc1C. The highest BCUT2D eigenvalue weighted by molar-refractivity contribution is 6.08. The van der Waals surface area contributed by atoms with Crippen LogP contribution in [0.1, 0.15) is 31.8 Å². The predicted octanol–water partition coefficient (Wildman–Crippen LogP) is 4.82. The Labute approximate surface area is 164 Å². The number of amides is 2. The van der Waals surface area contributed by atoms with Crippen molar-refractivity contribution >= 4 is 23.2 Å². The molecule has 5 heteroatoms. The number of nitrogens with one attached hydrogen (secondary N) is 2. The molecule has 3 aromatic rings. The Morgan fingerprint density at radius 1 is 0.750 bits per heavy atom. The minimum absolute atomic E-state index is 0.209. The zero-order valence-electron chi connectivity index (χ0n) is 16.1. The first-order chi connectivity index (χ1) is 13.5. The number of benzene rings is 3. The van der Waals surface area contributed by atoms with Crippen molar-refractivity contribution in [1.82, 2.24) is 0 Å². The Hall–Kier alpha value is -3.60. The smallest absolute Gasteiger partial charge is 0.256 e. The second-order valence-corrected chi connectivity index (χ2v) is 6.45. The monoisotopic (exact) mass is 374 g/mol. The molecule has 0 bridgehead atoms. The lowest BCUT2D eigenvalue weighted by atomic mass is 10.1. The number of carbonyl (C=O) groups is 2. The molecule has 0 saturated heterocycles. The molecule has 0 aliphatic rings. The van der Waals surface area contributed by atoms with E-state index in [4.69, 9.17) is 4.74 Å². The molecule has 0 aliphatic carbocycles. The lowest BCUT2D eigenvalue weighted by Crippen LogP contribution is -2.16. The Kier molecular flexibility index (Phi) is 5.75. The summed E-state index contributed by atoms with van der Waals surface area (Å²) in [7, 11) is 1.53. The van der Waals surface area contributed by atoms with Gasteiger partial charge in [0.15, 0.2) is 0 Å². The standard InChI is InChI=1S/C23H22N2O3/c1-15-8-4-6-10-18(15)22(26)24-17-12-13-21(28-3)20(14-17)25-23(27)19-11-7-5-9-16(19)2/h4-14H,1-3H3,(H,24,26)(H,25,27). The average Bonchev–Trinajstić information content (AvgIpc) is 2.68. The fourth-order valence-corrected chi connectivity index (χ4v) is 2.93. The minimum atomic E-state index is -0.237. The molecule has 2 amide bonds. The van der Waals surface area contributed by atoms with E-state index >= 15 is 0 Å². The van der Waals surface area contributed by atoms with Gasteiger partial charge in [0, 0.05) is 16.8 Å². The fourth-order valence-electron chi connectivity index (χ4n) is 2.93. The summed E-state index contributed by atoms with van der Waals surface area (Å²) in [5.41, 5.74) is 4.00. The van der Waals surface area contributed by atoms with Crippen LogP contribution in [0.5, 0.6) is 5.75 Å². The van der Waals surface area contributed by atoms with E-state index < -0.39 is 0 Å². The van der Waals surface area contributed by atoms with Gasteiger partial charge in [0.1, 0.15) is 5.75 Å². The van der Waals surface area contributed by atoms with Crippen LogP contribution in [-0.2, 0) is 0 Å². The molecule has 0 radical (unpaired) electrons. The highest BCUT2D eigenvalue weighted by Crippen LogP contribution is 2.29. The van der Waals surface area contributed by atoms with Gasteiger partial charge in [0.25, 0.3) is 11.8 Å². The quantitative estimate of drug-likeness (QED) is 0.673. The third kappa shape index (κ3) is 4.20. The molecule has 0 atom stereocenters. The minimum Gasteiger partial charge on any atom is -0.495 e. The van der Waals surface area contributed by atoms with Crippen molar-refractivity contribution in [3.63, 3.8) is 0 Å². The molecule has 5 nitrogen and oxygen atoms in total. The lowest BCUT2D eigenvalue weighted by molar-refractivity contribution is 0.101. The van der Waals surface area contributed by atoms with Crippen LogP contribution >= 0.6 is 0 Å². The summed E-state index contributed by atoms with van der Waals surface area (Å²) in [4.78, 5) is 25.2. The van der Waals surface area contributed by atoms with Gasteiger partial charge in [0.2, 0.25) is 0 Å². The molecular weight excluding hydrogens is 352 g/mol. The largest absolute Gasteiger partial charge is 0.495 e. The zero-order valence-corrected chi connectivity index (χ0v) is 16.1. The third-order valence-corrected chi connectivity index (χ3v) is 4.48. The summed E-state index contributed by atoms with van der Waals surface area (Å²) in [5.74, 6) is 0.0639. The second-order valence-electron chi connectivity index (χ2n) is 6.45. The second kappa shape index (κ2) is 8.39. The highest BCUT2D eigenvalue weighted by Gasteiger charge is 2.14. The van der Waals surface area contributed by atoms with Crippen LogP contribution in [-0.4, -0.2) is 18.9 Å². The Morgan fingerprint density at radius 3 is 1.82 bits per heavy atom. The van der Waals surface area contributed by atoms with Gasteiger partial charge in [-0.2, -0.15) is 0 Å². The lowest BCUT2D eigenvalue weighted by Gasteiger charge is -2.14. The number of ether oxygens (including phenoxy) is 1. The maximum atomic E-state index is 12.6. The number of methoxy groups -OCH3 is 1. The zero-order chi connectivity index (χ0) is 20.1. The van der Waals surface area contributed by atoms with E-state index in [-0.39, 0.29) is 11.8 Å². The van der Waals surface area contributed by atoms with Gasteiger partial charge in [-0.25, -0.2) is 0 Å². The molecule has 0 aromatic heterocycles. The van der Waals surface area contributed by atoms with Crippen molar-refractivity contribution < 1.29 is 14.3 Å². The number of aryl methyl sites for hydroxylation is 2. The van der Waals surface area contributed by atoms with E-state index in [0.29, 0.717) is 28.3 Å². The summed E-state index contributed by atoms with van der Waals surface area (Å²) >= 11 is 0. The van der Waals surface area contributed by atoms with Crippen LogP contribution in [0.3, 0.4) is 0 Å². The first kappa shape index (κ1) is 19.2. The topological polar surface area (TPSA) is 67.4 Å². The average molecular weight is 374 g/mol. The highest BCUT2D eigenvalue weighted by atomic mass is 16.5. The summed E-state index contributed by atoms with van der Waals surface area (Å²) < 4.78 is 5.35. The van der Waals surface area contributed by atoms with Crippen LogP contribution in [0, 0.1) is 13.8 Å². The molecule has 0 heterocycles. The van der Waals surface area contributed by atoms with Crippen molar-refractivity contribution in [3.05, 3.63) is 89.0 Å². The molecule has 0 fully saturated rings. The van der Waals surface area contributed by atoms with Gasteiger partial charge >= 0.3 is 0 Å². The summed E-state index contributed by atoms with van der Waals surface area (Å²) in [6, 6.07) is 19.8. The first-order valence-electron chi connectivity index (χ1n) is 8.91. The van der Waals surface area contributed by atoms with Gasteiger partial charge in [-0.1, -0.05) is 36.4 Å². The van der Waals surface area contributed by atoms with Crippen LogP contribution in [0.2, 0.25) is 0 Å². The van der Waals surface area contributed by atoms with Crippen LogP contribution in [0.15, 0.2) is 66.7 Å². The number of carbonyl (C=O) groups excluding carboxylic acids is 2. The molecule has 28 heavy (non-hydrogen) atoms. The van der Waals surface area contributed by atoms with Gasteiger partial charge < -0.3 is 15.4 Å². The van der Waals surface area contributed by atoms with Gasteiger partial charge in [-0.3, -0.25) is 9.59 Å². The molecule has 0 saturated carbocycles. The molecule has 142 valence electrons. The number of rotatable bonds is 5. The third-order valence-electron chi connectivity index (χ3n) is 4.48. The van der Waals surface area contributed by atoms with Crippen LogP contribution in [0.25, 0.3) is 0 Å². The number of anilines is 2. The molecule has 0 spiro atoms. The van der Waals surface area contributed by atoms with E-state index in [0.717, 1.165) is 11.1 Å². The maximum Gasteiger partial charge on any atom is 0.256 e. The van der Waals surface area contributed by atoms with Crippen LogP contribution < -0.4 is 15.4 Å². The molecule has 3 aromatic carbocycles. The Bertz CT molecular complexity index is 1030. The van der Waals surface area contributed by atoms with Crippen molar-refractivity contribution in [2.75, 3.05) is 17.7 Å². The summed E-state index contributed by atoms with van der Waals surface area (Å²) in [6.45, 7) is 3.77. The number of hydrogen-bond donors (Lipinski definition) is 2. The van der Waals surface area contributed by atoms with Gasteiger partial charge in [-0.05, 0) is 55.3 Å².